The number of nitrogens with one attached hydrogen (secondary N) is 1. The van der Waals surface area contributed by atoms with Crippen molar-refractivity contribution in [1.29, 1.82) is 0 Å². The maximum absolute atomic E-state index is 12.7. The van der Waals surface area contributed by atoms with Gasteiger partial charge in [-0.2, -0.15) is 0 Å². The molecule has 0 bridgehead atoms. The molecule has 24 heavy (non-hydrogen) atoms. The SMILES string of the molecule is Cc1cn2c(=O)c(S(=O)(=O)N[C@@H](C)c3ccccc3)c(C)nc2s1. The summed E-state index contributed by atoms with van der Waals surface area (Å²) in [5.41, 5.74) is 0.448. The maximum Gasteiger partial charge on any atom is 0.279 e. The molecule has 3 aromatic rings. The van der Waals surface area contributed by atoms with Gasteiger partial charge in [0.25, 0.3) is 5.56 Å². The molecule has 0 aliphatic rings. The van der Waals surface area contributed by atoms with Crippen molar-refractivity contribution in [2.24, 2.45) is 0 Å². The van der Waals surface area contributed by atoms with E-state index >= 15 is 0 Å². The van der Waals surface area contributed by atoms with Crippen LogP contribution in [0.3, 0.4) is 0 Å². The largest absolute Gasteiger partial charge is 0.279 e. The first-order valence-corrected chi connectivity index (χ1v) is 9.66. The fourth-order valence-electron chi connectivity index (χ4n) is 2.55. The zero-order chi connectivity index (χ0) is 17.5. The van der Waals surface area contributed by atoms with Gasteiger partial charge < -0.3 is 0 Å². The molecule has 0 spiro atoms. The third kappa shape index (κ3) is 3.00. The minimum absolute atomic E-state index is 0.203. The van der Waals surface area contributed by atoms with Gasteiger partial charge in [-0.1, -0.05) is 30.3 Å². The lowest BCUT2D eigenvalue weighted by atomic mass is 10.1. The van der Waals surface area contributed by atoms with Gasteiger partial charge >= 0.3 is 0 Å². The maximum atomic E-state index is 12.7. The number of nitrogens with zero attached hydrogens (tertiary/aromatic N) is 2. The highest BCUT2D eigenvalue weighted by Gasteiger charge is 2.26. The lowest BCUT2D eigenvalue weighted by molar-refractivity contribution is 0.564. The standard InChI is InChI=1S/C16H17N3O3S2/c1-10-9-19-15(20)14(12(3)17-16(19)23-10)24(21,22)18-11(2)13-7-5-4-6-8-13/h4-9,11,18H,1-3H3/t11-/m0/s1. The second-order valence-corrected chi connectivity index (χ2v) is 8.44. The quantitative estimate of drug-likeness (QED) is 0.772. The predicted octanol–water partition coefficient (Wildman–Crippen LogP) is 2.41. The normalized spacial score (nSPS) is 13.3. The molecule has 0 aliphatic heterocycles. The van der Waals surface area contributed by atoms with E-state index < -0.39 is 21.6 Å². The Morgan fingerprint density at radius 1 is 1.21 bits per heavy atom. The molecule has 1 atom stereocenters. The fraction of sp³-hybridized carbons (Fsp3) is 0.250. The number of fused-ring (bicyclic) bond motifs is 1. The van der Waals surface area contributed by atoms with Crippen molar-refractivity contribution in [2.75, 3.05) is 0 Å². The van der Waals surface area contributed by atoms with Crippen molar-refractivity contribution in [3.63, 3.8) is 0 Å². The Bertz CT molecular complexity index is 1050. The van der Waals surface area contributed by atoms with E-state index in [4.69, 9.17) is 0 Å². The Hall–Kier alpha value is -2.03. The monoisotopic (exact) mass is 363 g/mol. The van der Waals surface area contributed by atoms with Crippen LogP contribution in [0.5, 0.6) is 0 Å². The molecule has 126 valence electrons. The van der Waals surface area contributed by atoms with Crippen molar-refractivity contribution < 1.29 is 8.42 Å². The summed E-state index contributed by atoms with van der Waals surface area (Å²) in [4.78, 5) is 18.0. The zero-order valence-corrected chi connectivity index (χ0v) is 15.1. The van der Waals surface area contributed by atoms with Crippen LogP contribution in [0.4, 0.5) is 0 Å². The fourth-order valence-corrected chi connectivity index (χ4v) is 4.89. The van der Waals surface area contributed by atoms with Crippen LogP contribution >= 0.6 is 11.3 Å². The number of sulfonamides is 1. The van der Waals surface area contributed by atoms with Crippen molar-refractivity contribution in [3.8, 4) is 0 Å². The van der Waals surface area contributed by atoms with E-state index in [9.17, 15) is 13.2 Å². The van der Waals surface area contributed by atoms with E-state index in [1.165, 1.54) is 22.7 Å². The van der Waals surface area contributed by atoms with Gasteiger partial charge in [0, 0.05) is 17.1 Å². The predicted molar refractivity (Wildman–Crippen MR) is 94.0 cm³/mol. The van der Waals surface area contributed by atoms with Gasteiger partial charge in [0.2, 0.25) is 10.0 Å². The van der Waals surface area contributed by atoms with Crippen LogP contribution in [-0.4, -0.2) is 17.8 Å². The lowest BCUT2D eigenvalue weighted by Crippen LogP contribution is -2.33. The molecule has 6 nitrogen and oxygen atoms in total. The van der Waals surface area contributed by atoms with Gasteiger partial charge in [-0.3, -0.25) is 9.20 Å². The molecule has 8 heteroatoms. The van der Waals surface area contributed by atoms with Crippen molar-refractivity contribution in [2.45, 2.75) is 31.7 Å². The van der Waals surface area contributed by atoms with Gasteiger partial charge in [0.15, 0.2) is 9.86 Å². The third-order valence-corrected chi connectivity index (χ3v) is 6.24. The number of aryl methyl sites for hydroxylation is 2. The third-order valence-electron chi connectivity index (χ3n) is 3.67. The van der Waals surface area contributed by atoms with Crippen LogP contribution in [0.15, 0.2) is 46.2 Å². The molecule has 0 aliphatic carbocycles. The van der Waals surface area contributed by atoms with Crippen LogP contribution in [-0.2, 0) is 10.0 Å². The number of aromatic nitrogens is 2. The minimum Gasteiger partial charge on any atom is -0.267 e. The summed E-state index contributed by atoms with van der Waals surface area (Å²) in [6.45, 7) is 5.12. The summed E-state index contributed by atoms with van der Waals surface area (Å²) in [7, 11) is -3.99. The van der Waals surface area contributed by atoms with E-state index in [0.29, 0.717) is 4.96 Å². The van der Waals surface area contributed by atoms with Gasteiger partial charge in [0.05, 0.1) is 5.69 Å². The molecule has 0 radical (unpaired) electrons. The Labute approximate surface area is 143 Å². The molecular formula is C16H17N3O3S2. The van der Waals surface area contributed by atoms with Crippen molar-refractivity contribution in [1.82, 2.24) is 14.1 Å². The van der Waals surface area contributed by atoms with Crippen LogP contribution < -0.4 is 10.3 Å². The first-order valence-electron chi connectivity index (χ1n) is 7.36. The molecule has 0 fully saturated rings. The van der Waals surface area contributed by atoms with E-state index in [0.717, 1.165) is 10.4 Å². The summed E-state index contributed by atoms with van der Waals surface area (Å²) in [5.74, 6) is 0. The summed E-state index contributed by atoms with van der Waals surface area (Å²) >= 11 is 1.35. The van der Waals surface area contributed by atoms with Crippen LogP contribution in [0.2, 0.25) is 0 Å². The minimum atomic E-state index is -3.99. The summed E-state index contributed by atoms with van der Waals surface area (Å²) < 4.78 is 29.3. The van der Waals surface area contributed by atoms with E-state index in [1.54, 1.807) is 13.1 Å². The Balaban J connectivity index is 2.07. The first kappa shape index (κ1) is 16.8. The molecule has 2 aromatic heterocycles. The van der Waals surface area contributed by atoms with E-state index in [1.807, 2.05) is 37.3 Å². The van der Waals surface area contributed by atoms with Gasteiger partial charge in [0.1, 0.15) is 0 Å². The van der Waals surface area contributed by atoms with Crippen molar-refractivity contribution in [3.05, 3.63) is 63.0 Å². The van der Waals surface area contributed by atoms with Gasteiger partial charge in [-0.15, -0.1) is 11.3 Å². The molecular weight excluding hydrogens is 346 g/mol. The smallest absolute Gasteiger partial charge is 0.267 e. The highest BCUT2D eigenvalue weighted by atomic mass is 32.2. The average Bonchev–Trinajstić information content (AvgIpc) is 2.88. The van der Waals surface area contributed by atoms with Crippen LogP contribution in [0.25, 0.3) is 4.96 Å². The molecule has 1 N–H and O–H groups in total. The van der Waals surface area contributed by atoms with Crippen LogP contribution in [0, 0.1) is 13.8 Å². The molecule has 3 rings (SSSR count). The Kier molecular flexibility index (Phi) is 4.29. The number of hydrogen-bond acceptors (Lipinski definition) is 5. The second kappa shape index (κ2) is 6.12. The number of rotatable bonds is 4. The van der Waals surface area contributed by atoms with Crippen LogP contribution in [0.1, 0.15) is 29.1 Å². The number of hydrogen-bond donors (Lipinski definition) is 1. The van der Waals surface area contributed by atoms with E-state index in [2.05, 4.69) is 9.71 Å². The molecule has 0 saturated carbocycles. The van der Waals surface area contributed by atoms with Gasteiger partial charge in [-0.25, -0.2) is 18.1 Å². The zero-order valence-electron chi connectivity index (χ0n) is 13.5. The highest BCUT2D eigenvalue weighted by molar-refractivity contribution is 7.89. The molecule has 1 aromatic carbocycles. The molecule has 0 amide bonds. The Morgan fingerprint density at radius 2 is 1.88 bits per heavy atom. The summed E-state index contributed by atoms with van der Waals surface area (Å²) in [5, 5.41) is 0. The molecule has 0 unspecified atom stereocenters. The average molecular weight is 363 g/mol. The first-order chi connectivity index (χ1) is 11.3. The molecule has 0 saturated heterocycles. The second-order valence-electron chi connectivity index (χ2n) is 5.58. The number of benzene rings is 1. The summed E-state index contributed by atoms with van der Waals surface area (Å²) in [6, 6.07) is 8.73. The highest BCUT2D eigenvalue weighted by Crippen LogP contribution is 2.19. The van der Waals surface area contributed by atoms with E-state index in [-0.39, 0.29) is 10.6 Å². The Morgan fingerprint density at radius 3 is 2.54 bits per heavy atom. The lowest BCUT2D eigenvalue weighted by Gasteiger charge is -2.15. The topological polar surface area (TPSA) is 80.5 Å². The van der Waals surface area contributed by atoms with Crippen molar-refractivity contribution >= 4 is 26.3 Å². The summed E-state index contributed by atoms with van der Waals surface area (Å²) in [6.07, 6.45) is 1.61. The number of thiazole rings is 1. The molecule has 2 heterocycles. The van der Waals surface area contributed by atoms with Gasteiger partial charge in [-0.05, 0) is 26.3 Å².